The van der Waals surface area contributed by atoms with Gasteiger partial charge in [-0.1, -0.05) is 43.7 Å². The molecule has 1 rings (SSSR count). The smallest absolute Gasteiger partial charge is 0.0445 e. The van der Waals surface area contributed by atoms with E-state index in [1.54, 1.807) is 0 Å². The number of benzene rings is 1. The lowest BCUT2D eigenvalue weighted by molar-refractivity contribution is 0.254. The molecule has 0 spiro atoms. The monoisotopic (exact) mass is 249 g/mol. The summed E-state index contributed by atoms with van der Waals surface area (Å²) in [6, 6.07) is 9.60. The molecule has 2 atom stereocenters. The molecule has 0 aromatic heterocycles. The van der Waals surface area contributed by atoms with Gasteiger partial charge in [-0.25, -0.2) is 0 Å². The van der Waals surface area contributed by atoms with Crippen molar-refractivity contribution in [2.75, 3.05) is 6.61 Å². The van der Waals surface area contributed by atoms with E-state index in [0.29, 0.717) is 18.0 Å². The largest absolute Gasteiger partial charge is 0.396 e. The van der Waals surface area contributed by atoms with Crippen LogP contribution in [0.5, 0.6) is 0 Å². The van der Waals surface area contributed by atoms with E-state index in [1.165, 1.54) is 11.1 Å². The van der Waals surface area contributed by atoms with Crippen molar-refractivity contribution in [3.05, 3.63) is 35.4 Å². The first-order valence-corrected chi connectivity index (χ1v) is 6.95. The summed E-state index contributed by atoms with van der Waals surface area (Å²) >= 11 is 0. The fourth-order valence-corrected chi connectivity index (χ4v) is 2.11. The normalized spacial score (nSPS) is 14.8. The Hall–Kier alpha value is -0.860. The summed E-state index contributed by atoms with van der Waals surface area (Å²) in [5.74, 6) is 0.590. The van der Waals surface area contributed by atoms with Crippen LogP contribution in [0, 0.1) is 12.8 Å². The number of hydrogen-bond acceptors (Lipinski definition) is 2. The van der Waals surface area contributed by atoms with Gasteiger partial charge in [0.15, 0.2) is 0 Å². The lowest BCUT2D eigenvalue weighted by atomic mass is 9.95. The van der Waals surface area contributed by atoms with Crippen LogP contribution in [-0.4, -0.2) is 23.8 Å². The lowest BCUT2D eigenvalue weighted by Gasteiger charge is -2.26. The summed E-state index contributed by atoms with van der Waals surface area (Å²) in [5.41, 5.74) is 2.68. The molecule has 0 bridgehead atoms. The minimum absolute atomic E-state index is 0.253. The van der Waals surface area contributed by atoms with Crippen LogP contribution in [-0.2, 0) is 6.42 Å². The Bertz CT molecular complexity index is 331. The molecule has 0 aliphatic heterocycles. The van der Waals surface area contributed by atoms with Crippen LogP contribution < -0.4 is 5.32 Å². The Labute approximate surface area is 111 Å². The third-order valence-electron chi connectivity index (χ3n) is 3.44. The molecular weight excluding hydrogens is 222 g/mol. The number of rotatable bonds is 7. The Morgan fingerprint density at radius 2 is 1.72 bits per heavy atom. The highest BCUT2D eigenvalue weighted by Gasteiger charge is 2.16. The van der Waals surface area contributed by atoms with Gasteiger partial charge in [0.1, 0.15) is 0 Å². The van der Waals surface area contributed by atoms with Crippen LogP contribution in [0.1, 0.15) is 38.3 Å². The predicted octanol–water partition coefficient (Wildman–Crippen LogP) is 2.92. The van der Waals surface area contributed by atoms with E-state index in [-0.39, 0.29) is 6.61 Å². The van der Waals surface area contributed by atoms with Gasteiger partial charge < -0.3 is 10.4 Å². The van der Waals surface area contributed by atoms with Crippen molar-refractivity contribution in [2.24, 2.45) is 5.92 Å². The van der Waals surface area contributed by atoms with Crippen LogP contribution in [0.3, 0.4) is 0 Å². The van der Waals surface area contributed by atoms with Crippen LogP contribution in [0.4, 0.5) is 0 Å². The molecule has 102 valence electrons. The number of aliphatic hydroxyl groups excluding tert-OH is 1. The van der Waals surface area contributed by atoms with Crippen molar-refractivity contribution < 1.29 is 5.11 Å². The fraction of sp³-hybridized carbons (Fsp3) is 0.625. The SMILES string of the molecule is Cc1ccc(CC(N[C@H](C)CCO)C(C)C)cc1. The maximum absolute atomic E-state index is 8.97. The Morgan fingerprint density at radius 3 is 2.22 bits per heavy atom. The summed E-state index contributed by atoms with van der Waals surface area (Å²) in [6.07, 6.45) is 1.87. The van der Waals surface area contributed by atoms with Gasteiger partial charge >= 0.3 is 0 Å². The van der Waals surface area contributed by atoms with Crippen molar-refractivity contribution in [3.63, 3.8) is 0 Å². The molecule has 2 heteroatoms. The minimum Gasteiger partial charge on any atom is -0.396 e. The van der Waals surface area contributed by atoms with E-state index in [0.717, 1.165) is 12.8 Å². The molecule has 2 nitrogen and oxygen atoms in total. The molecule has 18 heavy (non-hydrogen) atoms. The average molecular weight is 249 g/mol. The predicted molar refractivity (Wildman–Crippen MR) is 77.8 cm³/mol. The molecule has 0 radical (unpaired) electrons. The van der Waals surface area contributed by atoms with E-state index in [9.17, 15) is 0 Å². The Morgan fingerprint density at radius 1 is 1.11 bits per heavy atom. The number of aliphatic hydroxyl groups is 1. The Kier molecular flexibility index (Phi) is 6.37. The molecule has 0 aliphatic carbocycles. The number of hydrogen-bond donors (Lipinski definition) is 2. The summed E-state index contributed by atoms with van der Waals surface area (Å²) in [7, 11) is 0. The van der Waals surface area contributed by atoms with Gasteiger partial charge in [0, 0.05) is 18.7 Å². The molecule has 0 saturated heterocycles. The molecule has 2 N–H and O–H groups in total. The van der Waals surface area contributed by atoms with E-state index in [4.69, 9.17) is 5.11 Å². The molecule has 1 aromatic rings. The van der Waals surface area contributed by atoms with Crippen molar-refractivity contribution in [3.8, 4) is 0 Å². The topological polar surface area (TPSA) is 32.3 Å². The van der Waals surface area contributed by atoms with Gasteiger partial charge in [0.05, 0.1) is 0 Å². The molecular formula is C16H27NO. The second kappa shape index (κ2) is 7.55. The minimum atomic E-state index is 0.253. The van der Waals surface area contributed by atoms with Gasteiger partial charge in [-0.2, -0.15) is 0 Å². The summed E-state index contributed by atoms with van der Waals surface area (Å²) in [5, 5.41) is 12.6. The van der Waals surface area contributed by atoms with Crippen molar-refractivity contribution in [2.45, 2.75) is 52.6 Å². The lowest BCUT2D eigenvalue weighted by Crippen LogP contribution is -2.41. The van der Waals surface area contributed by atoms with Crippen LogP contribution >= 0.6 is 0 Å². The quantitative estimate of drug-likeness (QED) is 0.779. The van der Waals surface area contributed by atoms with E-state index >= 15 is 0 Å². The summed E-state index contributed by atoms with van der Waals surface area (Å²) < 4.78 is 0. The van der Waals surface area contributed by atoms with Gasteiger partial charge in [0.2, 0.25) is 0 Å². The highest BCUT2D eigenvalue weighted by Crippen LogP contribution is 2.12. The first kappa shape index (κ1) is 15.2. The summed E-state index contributed by atoms with van der Waals surface area (Å²) in [4.78, 5) is 0. The number of nitrogens with one attached hydrogen (secondary N) is 1. The second-order valence-corrected chi connectivity index (χ2v) is 5.62. The third-order valence-corrected chi connectivity index (χ3v) is 3.44. The van der Waals surface area contributed by atoms with Gasteiger partial charge in [-0.15, -0.1) is 0 Å². The zero-order valence-electron chi connectivity index (χ0n) is 12.1. The standard InChI is InChI=1S/C16H27NO/c1-12(2)16(17-14(4)9-10-18)11-15-7-5-13(3)6-8-15/h5-8,12,14,16-18H,9-11H2,1-4H3/t14-,16?/m1/s1. The highest BCUT2D eigenvalue weighted by atomic mass is 16.3. The zero-order valence-corrected chi connectivity index (χ0v) is 12.1. The van der Waals surface area contributed by atoms with E-state index in [2.05, 4.69) is 57.3 Å². The Balaban J connectivity index is 2.59. The highest BCUT2D eigenvalue weighted by molar-refractivity contribution is 5.22. The summed E-state index contributed by atoms with van der Waals surface area (Å²) in [6.45, 7) is 9.00. The molecule has 0 amide bonds. The zero-order chi connectivity index (χ0) is 13.5. The molecule has 0 saturated carbocycles. The van der Waals surface area contributed by atoms with Gasteiger partial charge in [0.25, 0.3) is 0 Å². The maximum atomic E-state index is 8.97. The van der Waals surface area contributed by atoms with Crippen LogP contribution in [0.25, 0.3) is 0 Å². The number of aryl methyl sites for hydroxylation is 1. The first-order chi connectivity index (χ1) is 8.52. The van der Waals surface area contributed by atoms with Crippen LogP contribution in [0.2, 0.25) is 0 Å². The van der Waals surface area contributed by atoms with Crippen molar-refractivity contribution in [1.29, 1.82) is 0 Å². The fourth-order valence-electron chi connectivity index (χ4n) is 2.11. The van der Waals surface area contributed by atoms with Gasteiger partial charge in [-0.3, -0.25) is 0 Å². The van der Waals surface area contributed by atoms with Crippen LogP contribution in [0.15, 0.2) is 24.3 Å². The molecule has 1 unspecified atom stereocenters. The molecule has 0 heterocycles. The molecule has 0 fully saturated rings. The molecule has 0 aliphatic rings. The van der Waals surface area contributed by atoms with Crippen molar-refractivity contribution in [1.82, 2.24) is 5.32 Å². The second-order valence-electron chi connectivity index (χ2n) is 5.62. The molecule has 1 aromatic carbocycles. The van der Waals surface area contributed by atoms with Crippen molar-refractivity contribution >= 4 is 0 Å². The third kappa shape index (κ3) is 5.19. The van der Waals surface area contributed by atoms with E-state index < -0.39 is 0 Å². The first-order valence-electron chi connectivity index (χ1n) is 6.95. The van der Waals surface area contributed by atoms with E-state index in [1.807, 2.05) is 0 Å². The average Bonchev–Trinajstić information content (AvgIpc) is 2.31. The maximum Gasteiger partial charge on any atom is 0.0445 e. The van der Waals surface area contributed by atoms with Gasteiger partial charge in [-0.05, 0) is 38.2 Å².